The van der Waals surface area contributed by atoms with Gasteiger partial charge in [-0.1, -0.05) is 12.1 Å². The molecule has 1 aromatic carbocycles. The fourth-order valence-electron chi connectivity index (χ4n) is 1.95. The van der Waals surface area contributed by atoms with Crippen LogP contribution in [0.25, 0.3) is 0 Å². The summed E-state index contributed by atoms with van der Waals surface area (Å²) in [5.74, 6) is -0.197. The van der Waals surface area contributed by atoms with E-state index in [1.807, 2.05) is 6.07 Å². The van der Waals surface area contributed by atoms with E-state index in [0.717, 1.165) is 18.4 Å². The van der Waals surface area contributed by atoms with Gasteiger partial charge in [-0.05, 0) is 30.5 Å². The van der Waals surface area contributed by atoms with Gasteiger partial charge in [-0.25, -0.2) is 4.39 Å². The minimum absolute atomic E-state index is 0.159. The Morgan fingerprint density at radius 1 is 1.43 bits per heavy atom. The molecule has 1 fully saturated rings. The first-order chi connectivity index (χ1) is 6.79. The topological polar surface area (TPSA) is 32.3 Å². The van der Waals surface area contributed by atoms with Crippen molar-refractivity contribution in [2.75, 3.05) is 6.61 Å². The number of rotatable bonds is 2. The first kappa shape index (κ1) is 9.62. The molecule has 2 rings (SSSR count). The zero-order chi connectivity index (χ0) is 9.97. The summed E-state index contributed by atoms with van der Waals surface area (Å²) >= 11 is 0. The average molecular weight is 195 g/mol. The van der Waals surface area contributed by atoms with Crippen molar-refractivity contribution in [3.8, 4) is 0 Å². The maximum Gasteiger partial charge on any atom is 0.123 e. The maximum absolute atomic E-state index is 12.9. The minimum Gasteiger partial charge on any atom is -0.395 e. The number of aliphatic hydroxyl groups is 1. The Kier molecular flexibility index (Phi) is 2.79. The van der Waals surface area contributed by atoms with E-state index < -0.39 is 0 Å². The maximum atomic E-state index is 12.9. The van der Waals surface area contributed by atoms with Crippen molar-refractivity contribution in [2.24, 2.45) is 0 Å². The zero-order valence-electron chi connectivity index (χ0n) is 7.91. The number of nitrogens with one attached hydrogen (secondary N) is 1. The van der Waals surface area contributed by atoms with Gasteiger partial charge in [-0.2, -0.15) is 0 Å². The molecule has 2 atom stereocenters. The molecule has 76 valence electrons. The SMILES string of the molecule is OC[C@H]1CCC(c2cccc(F)c2)N1. The molecule has 0 spiro atoms. The second-order valence-corrected chi connectivity index (χ2v) is 3.73. The van der Waals surface area contributed by atoms with Crippen molar-refractivity contribution in [2.45, 2.75) is 24.9 Å². The van der Waals surface area contributed by atoms with Gasteiger partial charge in [0, 0.05) is 12.1 Å². The molecule has 0 saturated carbocycles. The molecule has 0 radical (unpaired) electrons. The Balaban J connectivity index is 2.09. The molecule has 2 nitrogen and oxygen atoms in total. The van der Waals surface area contributed by atoms with Crippen LogP contribution in [0.3, 0.4) is 0 Å². The van der Waals surface area contributed by atoms with Crippen molar-refractivity contribution in [3.63, 3.8) is 0 Å². The van der Waals surface area contributed by atoms with Gasteiger partial charge in [0.15, 0.2) is 0 Å². The summed E-state index contributed by atoms with van der Waals surface area (Å²) in [7, 11) is 0. The van der Waals surface area contributed by atoms with Gasteiger partial charge in [-0.15, -0.1) is 0 Å². The molecule has 3 heteroatoms. The van der Waals surface area contributed by atoms with Crippen LogP contribution >= 0.6 is 0 Å². The number of hydrogen-bond acceptors (Lipinski definition) is 2. The van der Waals surface area contributed by atoms with E-state index in [-0.39, 0.29) is 24.5 Å². The Morgan fingerprint density at radius 2 is 2.29 bits per heavy atom. The normalized spacial score (nSPS) is 26.7. The summed E-state index contributed by atoms with van der Waals surface area (Å²) in [6.45, 7) is 0.159. The van der Waals surface area contributed by atoms with Gasteiger partial charge >= 0.3 is 0 Å². The quantitative estimate of drug-likeness (QED) is 0.751. The Hall–Kier alpha value is -0.930. The van der Waals surface area contributed by atoms with E-state index in [2.05, 4.69) is 5.32 Å². The van der Waals surface area contributed by atoms with Crippen LogP contribution in [0.5, 0.6) is 0 Å². The second-order valence-electron chi connectivity index (χ2n) is 3.73. The van der Waals surface area contributed by atoms with Crippen LogP contribution in [0, 0.1) is 5.82 Å². The van der Waals surface area contributed by atoms with Crippen molar-refractivity contribution in [1.82, 2.24) is 5.32 Å². The molecule has 0 bridgehead atoms. The first-order valence-corrected chi connectivity index (χ1v) is 4.92. The van der Waals surface area contributed by atoms with Gasteiger partial charge in [0.1, 0.15) is 5.82 Å². The van der Waals surface area contributed by atoms with Gasteiger partial charge in [0.05, 0.1) is 6.61 Å². The van der Waals surface area contributed by atoms with Crippen LogP contribution in [-0.4, -0.2) is 17.8 Å². The van der Waals surface area contributed by atoms with Gasteiger partial charge in [-0.3, -0.25) is 0 Å². The van der Waals surface area contributed by atoms with E-state index in [9.17, 15) is 4.39 Å². The molecule has 0 aromatic heterocycles. The van der Waals surface area contributed by atoms with E-state index in [0.29, 0.717) is 0 Å². The summed E-state index contributed by atoms with van der Waals surface area (Å²) < 4.78 is 12.9. The van der Waals surface area contributed by atoms with Gasteiger partial charge in [0.25, 0.3) is 0 Å². The van der Waals surface area contributed by atoms with E-state index in [1.54, 1.807) is 12.1 Å². The monoisotopic (exact) mass is 195 g/mol. The van der Waals surface area contributed by atoms with E-state index in [4.69, 9.17) is 5.11 Å². The molecule has 1 aliphatic rings. The second kappa shape index (κ2) is 4.07. The summed E-state index contributed by atoms with van der Waals surface area (Å²) in [5.41, 5.74) is 0.973. The fourth-order valence-corrected chi connectivity index (χ4v) is 1.95. The predicted molar refractivity (Wildman–Crippen MR) is 52.4 cm³/mol. The number of hydrogen-bond donors (Lipinski definition) is 2. The number of aliphatic hydroxyl groups excluding tert-OH is 1. The Morgan fingerprint density at radius 3 is 2.93 bits per heavy atom. The Labute approximate surface area is 82.8 Å². The fraction of sp³-hybridized carbons (Fsp3) is 0.455. The standard InChI is InChI=1S/C11H14FNO/c12-9-3-1-2-8(6-9)11-5-4-10(7-14)13-11/h1-3,6,10-11,13-14H,4-5,7H2/t10-,11?/m1/s1. The van der Waals surface area contributed by atoms with Crippen LogP contribution in [0.15, 0.2) is 24.3 Å². The molecule has 0 amide bonds. The first-order valence-electron chi connectivity index (χ1n) is 4.92. The summed E-state index contributed by atoms with van der Waals surface area (Å²) in [6.07, 6.45) is 1.92. The molecule has 1 aliphatic heterocycles. The zero-order valence-corrected chi connectivity index (χ0v) is 7.91. The minimum atomic E-state index is -0.197. The van der Waals surface area contributed by atoms with Crippen molar-refractivity contribution < 1.29 is 9.50 Å². The van der Waals surface area contributed by atoms with Crippen LogP contribution in [0.1, 0.15) is 24.4 Å². The van der Waals surface area contributed by atoms with E-state index in [1.165, 1.54) is 6.07 Å². The summed E-state index contributed by atoms with van der Waals surface area (Å²) in [4.78, 5) is 0. The van der Waals surface area contributed by atoms with Gasteiger partial charge in [0.2, 0.25) is 0 Å². The number of halogens is 1. The molecule has 1 saturated heterocycles. The molecule has 1 unspecified atom stereocenters. The number of benzene rings is 1. The van der Waals surface area contributed by atoms with E-state index >= 15 is 0 Å². The predicted octanol–water partition coefficient (Wildman–Crippen LogP) is 1.61. The average Bonchev–Trinajstić information content (AvgIpc) is 2.66. The lowest BCUT2D eigenvalue weighted by atomic mass is 10.1. The third-order valence-corrected chi connectivity index (χ3v) is 2.71. The summed E-state index contributed by atoms with van der Waals surface area (Å²) in [5, 5.41) is 12.2. The third-order valence-electron chi connectivity index (χ3n) is 2.71. The Bertz CT molecular complexity index is 316. The molecule has 1 aromatic rings. The summed E-state index contributed by atoms with van der Waals surface area (Å²) in [6, 6.07) is 7.00. The van der Waals surface area contributed by atoms with Crippen LogP contribution < -0.4 is 5.32 Å². The van der Waals surface area contributed by atoms with Crippen LogP contribution in [-0.2, 0) is 0 Å². The van der Waals surface area contributed by atoms with Crippen molar-refractivity contribution in [3.05, 3.63) is 35.6 Å². The lowest BCUT2D eigenvalue weighted by Crippen LogP contribution is -2.27. The lowest BCUT2D eigenvalue weighted by molar-refractivity contribution is 0.251. The molecule has 14 heavy (non-hydrogen) atoms. The third kappa shape index (κ3) is 1.94. The highest BCUT2D eigenvalue weighted by molar-refractivity contribution is 5.21. The molecular formula is C11H14FNO. The smallest absolute Gasteiger partial charge is 0.123 e. The van der Waals surface area contributed by atoms with Crippen molar-refractivity contribution in [1.29, 1.82) is 0 Å². The molecule has 2 N–H and O–H groups in total. The molecular weight excluding hydrogens is 181 g/mol. The lowest BCUT2D eigenvalue weighted by Gasteiger charge is -2.12. The molecule has 1 heterocycles. The van der Waals surface area contributed by atoms with Gasteiger partial charge < -0.3 is 10.4 Å². The largest absolute Gasteiger partial charge is 0.395 e. The highest BCUT2D eigenvalue weighted by atomic mass is 19.1. The van der Waals surface area contributed by atoms with Crippen LogP contribution in [0.2, 0.25) is 0 Å². The highest BCUT2D eigenvalue weighted by Gasteiger charge is 2.24. The highest BCUT2D eigenvalue weighted by Crippen LogP contribution is 2.26. The van der Waals surface area contributed by atoms with Crippen molar-refractivity contribution >= 4 is 0 Å². The molecule has 0 aliphatic carbocycles. The van der Waals surface area contributed by atoms with Crippen LogP contribution in [0.4, 0.5) is 4.39 Å².